The van der Waals surface area contributed by atoms with Crippen molar-refractivity contribution in [2.24, 2.45) is 0 Å². The molecule has 2 aromatic rings. The fourth-order valence-electron chi connectivity index (χ4n) is 3.98. The zero-order chi connectivity index (χ0) is 23.2. The molecule has 2 N–H and O–H groups in total. The molecule has 31 heavy (non-hydrogen) atoms. The summed E-state index contributed by atoms with van der Waals surface area (Å²) in [6.45, 7) is 8.73. The van der Waals surface area contributed by atoms with Crippen LogP contribution in [0.4, 0.5) is 17.1 Å². The van der Waals surface area contributed by atoms with Gasteiger partial charge in [0.05, 0.1) is 11.2 Å². The van der Waals surface area contributed by atoms with Crippen LogP contribution in [0.2, 0.25) is 0 Å². The van der Waals surface area contributed by atoms with E-state index >= 15 is 0 Å². The van der Waals surface area contributed by atoms with Gasteiger partial charge in [-0.3, -0.25) is 19.6 Å². The number of amides is 1. The molecule has 8 nitrogen and oxygen atoms in total. The third kappa shape index (κ3) is 4.87. The Balaban J connectivity index is 1.92. The van der Waals surface area contributed by atoms with E-state index in [1.807, 2.05) is 12.1 Å². The van der Waals surface area contributed by atoms with Crippen molar-refractivity contribution in [1.82, 2.24) is 0 Å². The van der Waals surface area contributed by atoms with Crippen LogP contribution in [0.25, 0.3) is 0 Å². The molecular formula is C22H27N3O5S. The number of carbonyl (C=O) groups excluding carboxylic acids is 1. The van der Waals surface area contributed by atoms with Gasteiger partial charge in [-0.2, -0.15) is 0 Å². The van der Waals surface area contributed by atoms with E-state index in [0.717, 1.165) is 30.7 Å². The highest BCUT2D eigenvalue weighted by Gasteiger charge is 2.37. The molecule has 166 valence electrons. The number of carbonyl (C=O) groups is 1. The maximum atomic E-state index is 12.9. The van der Waals surface area contributed by atoms with Gasteiger partial charge in [-0.15, -0.1) is 0 Å². The first-order chi connectivity index (χ1) is 14.2. The van der Waals surface area contributed by atoms with E-state index < -0.39 is 20.6 Å². The molecule has 0 spiro atoms. The molecule has 0 atom stereocenters. The number of fused-ring (bicyclic) bond motifs is 1. The standard InChI is InChI=1S/C22H27N3O5S/c1-21(2)10-11-22(3,4)17-12-14(6-8-16(17)21)20(26)23-15-7-9-18(24-31(5,29)30)19(13-15)25(27)28/h6-9,12-13,24H,10-11H2,1-5H3,(H,23,26). The van der Waals surface area contributed by atoms with Gasteiger partial charge in [0.15, 0.2) is 0 Å². The largest absolute Gasteiger partial charge is 0.322 e. The zero-order valence-corrected chi connectivity index (χ0v) is 19.1. The van der Waals surface area contributed by atoms with E-state index in [1.54, 1.807) is 6.07 Å². The first kappa shape index (κ1) is 22.7. The Morgan fingerprint density at radius 2 is 1.61 bits per heavy atom. The maximum Gasteiger partial charge on any atom is 0.295 e. The average Bonchev–Trinajstić information content (AvgIpc) is 2.65. The van der Waals surface area contributed by atoms with E-state index in [-0.39, 0.29) is 28.1 Å². The third-order valence-electron chi connectivity index (χ3n) is 5.86. The van der Waals surface area contributed by atoms with E-state index in [2.05, 4.69) is 37.7 Å². The van der Waals surface area contributed by atoms with Gasteiger partial charge < -0.3 is 5.32 Å². The van der Waals surface area contributed by atoms with Gasteiger partial charge in [0, 0.05) is 17.3 Å². The Labute approximate surface area is 182 Å². The van der Waals surface area contributed by atoms with Gasteiger partial charge in [-0.05, 0) is 59.1 Å². The topological polar surface area (TPSA) is 118 Å². The highest BCUT2D eigenvalue weighted by Crippen LogP contribution is 2.46. The molecule has 0 bridgehead atoms. The van der Waals surface area contributed by atoms with Crippen molar-refractivity contribution < 1.29 is 18.1 Å². The van der Waals surface area contributed by atoms with Crippen LogP contribution in [-0.4, -0.2) is 25.5 Å². The molecule has 2 aromatic carbocycles. The first-order valence-corrected chi connectivity index (χ1v) is 11.8. The van der Waals surface area contributed by atoms with Gasteiger partial charge in [0.25, 0.3) is 11.6 Å². The number of hydrogen-bond acceptors (Lipinski definition) is 5. The van der Waals surface area contributed by atoms with Crippen LogP contribution in [0.5, 0.6) is 0 Å². The number of nitro groups is 1. The fraction of sp³-hybridized carbons (Fsp3) is 0.409. The average molecular weight is 446 g/mol. The highest BCUT2D eigenvalue weighted by molar-refractivity contribution is 7.92. The molecule has 0 aromatic heterocycles. The zero-order valence-electron chi connectivity index (χ0n) is 18.3. The summed E-state index contributed by atoms with van der Waals surface area (Å²) in [7, 11) is -3.68. The summed E-state index contributed by atoms with van der Waals surface area (Å²) in [6.07, 6.45) is 2.99. The summed E-state index contributed by atoms with van der Waals surface area (Å²) in [6, 6.07) is 9.48. The van der Waals surface area contributed by atoms with Crippen LogP contribution >= 0.6 is 0 Å². The summed E-state index contributed by atoms with van der Waals surface area (Å²) in [5.41, 5.74) is 2.39. The molecular weight excluding hydrogens is 418 g/mol. The van der Waals surface area contributed by atoms with Gasteiger partial charge in [-0.25, -0.2) is 8.42 Å². The Bertz CT molecular complexity index is 1170. The predicted octanol–water partition coefficient (Wildman–Crippen LogP) is 4.57. The normalized spacial score (nSPS) is 16.8. The number of hydrogen-bond donors (Lipinski definition) is 2. The lowest BCUT2D eigenvalue weighted by molar-refractivity contribution is -0.383. The number of nitrogens with zero attached hydrogens (tertiary/aromatic N) is 1. The Hall–Kier alpha value is -2.94. The van der Waals surface area contributed by atoms with Crippen molar-refractivity contribution in [3.05, 3.63) is 63.2 Å². The number of nitrogens with one attached hydrogen (secondary N) is 2. The second kappa shape index (κ2) is 7.64. The second-order valence-corrected chi connectivity index (χ2v) is 11.1. The molecule has 0 aliphatic heterocycles. The number of benzene rings is 2. The van der Waals surface area contributed by atoms with E-state index in [4.69, 9.17) is 0 Å². The smallest absolute Gasteiger partial charge is 0.295 e. The van der Waals surface area contributed by atoms with E-state index in [1.165, 1.54) is 17.7 Å². The quantitative estimate of drug-likeness (QED) is 0.516. The van der Waals surface area contributed by atoms with Crippen molar-refractivity contribution >= 4 is 33.0 Å². The molecule has 0 radical (unpaired) electrons. The predicted molar refractivity (Wildman–Crippen MR) is 121 cm³/mol. The lowest BCUT2D eigenvalue weighted by Crippen LogP contribution is -2.34. The van der Waals surface area contributed by atoms with Gasteiger partial charge in [0.2, 0.25) is 10.0 Å². The lowest BCUT2D eigenvalue weighted by Gasteiger charge is -2.42. The minimum Gasteiger partial charge on any atom is -0.322 e. The highest BCUT2D eigenvalue weighted by atomic mass is 32.2. The molecule has 3 rings (SSSR count). The van der Waals surface area contributed by atoms with E-state index in [9.17, 15) is 23.3 Å². The third-order valence-corrected chi connectivity index (χ3v) is 6.45. The first-order valence-electron chi connectivity index (χ1n) is 9.92. The van der Waals surface area contributed by atoms with Gasteiger partial charge in [-0.1, -0.05) is 33.8 Å². The Kier molecular flexibility index (Phi) is 5.60. The second-order valence-electron chi connectivity index (χ2n) is 9.35. The van der Waals surface area contributed by atoms with Crippen molar-refractivity contribution in [2.75, 3.05) is 16.3 Å². The molecule has 0 fully saturated rings. The Morgan fingerprint density at radius 3 is 2.19 bits per heavy atom. The fourth-order valence-corrected chi connectivity index (χ4v) is 4.55. The number of sulfonamides is 1. The van der Waals surface area contributed by atoms with Crippen LogP contribution in [0.3, 0.4) is 0 Å². The molecule has 1 aliphatic rings. The van der Waals surface area contributed by atoms with Crippen molar-refractivity contribution in [2.45, 2.75) is 51.4 Å². The molecule has 1 amide bonds. The summed E-state index contributed by atoms with van der Waals surface area (Å²) in [5, 5.41) is 14.0. The molecule has 0 unspecified atom stereocenters. The summed E-state index contributed by atoms with van der Waals surface area (Å²) >= 11 is 0. The van der Waals surface area contributed by atoms with Crippen molar-refractivity contribution in [3.8, 4) is 0 Å². The molecule has 0 saturated carbocycles. The van der Waals surface area contributed by atoms with Gasteiger partial charge in [0.1, 0.15) is 5.69 Å². The van der Waals surface area contributed by atoms with Crippen LogP contribution in [-0.2, 0) is 20.9 Å². The molecule has 9 heteroatoms. The minimum atomic E-state index is -3.68. The van der Waals surface area contributed by atoms with E-state index in [0.29, 0.717) is 5.56 Å². The molecule has 1 aliphatic carbocycles. The molecule has 0 heterocycles. The lowest BCUT2D eigenvalue weighted by atomic mass is 9.63. The maximum absolute atomic E-state index is 12.9. The summed E-state index contributed by atoms with van der Waals surface area (Å²) < 4.78 is 25.0. The number of rotatable bonds is 5. The van der Waals surface area contributed by atoms with Crippen LogP contribution in [0, 0.1) is 10.1 Å². The van der Waals surface area contributed by atoms with Crippen LogP contribution in [0.15, 0.2) is 36.4 Å². The summed E-state index contributed by atoms with van der Waals surface area (Å²) in [4.78, 5) is 23.5. The SMILES string of the molecule is CC1(C)CCC(C)(C)c2cc(C(=O)Nc3ccc(NS(C)(=O)=O)c([N+](=O)[O-])c3)ccc21. The minimum absolute atomic E-state index is 0.0307. The number of nitro benzene ring substituents is 1. The van der Waals surface area contributed by atoms with Crippen molar-refractivity contribution in [3.63, 3.8) is 0 Å². The Morgan fingerprint density at radius 1 is 1.00 bits per heavy atom. The number of anilines is 2. The van der Waals surface area contributed by atoms with Gasteiger partial charge >= 0.3 is 0 Å². The van der Waals surface area contributed by atoms with Crippen LogP contribution < -0.4 is 10.0 Å². The van der Waals surface area contributed by atoms with Crippen molar-refractivity contribution in [1.29, 1.82) is 0 Å². The monoisotopic (exact) mass is 445 g/mol. The van der Waals surface area contributed by atoms with Crippen LogP contribution in [0.1, 0.15) is 62.0 Å². The summed E-state index contributed by atoms with van der Waals surface area (Å²) in [5.74, 6) is -0.389. The molecule has 0 saturated heterocycles.